The molecule has 0 N–H and O–H groups in total. The largest absolute Gasteiger partial charge is 0.295 e. The third kappa shape index (κ3) is 3.64. The number of benzene rings is 3. The van der Waals surface area contributed by atoms with Crippen LogP contribution in [0.15, 0.2) is 72.8 Å². The third-order valence-corrected chi connectivity index (χ3v) is 5.47. The van der Waals surface area contributed by atoms with E-state index in [1.54, 1.807) is 48.5 Å². The van der Waals surface area contributed by atoms with E-state index in [1.165, 1.54) is 23.2 Å². The third-order valence-electron chi connectivity index (χ3n) is 4.45. The van der Waals surface area contributed by atoms with Crippen LogP contribution in [0.2, 0.25) is 0 Å². The summed E-state index contributed by atoms with van der Waals surface area (Å²) < 4.78 is 0.964. The van der Waals surface area contributed by atoms with Crippen molar-refractivity contribution in [1.82, 2.24) is 4.98 Å². The molecule has 0 bridgehead atoms. The number of nitrogens with zero attached hydrogens (tertiary/aromatic N) is 3. The number of aromatic nitrogens is 1. The Morgan fingerprint density at radius 2 is 1.72 bits per heavy atom. The van der Waals surface area contributed by atoms with Crippen LogP contribution in [0.5, 0.6) is 0 Å². The number of carbonyl (C=O) groups is 2. The van der Waals surface area contributed by atoms with E-state index < -0.39 is 0 Å². The summed E-state index contributed by atoms with van der Waals surface area (Å²) in [5.74, 6) is -0.340. The molecule has 0 aliphatic heterocycles. The number of hydrogen-bond acceptors (Lipinski definition) is 5. The van der Waals surface area contributed by atoms with Gasteiger partial charge in [0.15, 0.2) is 10.9 Å². The van der Waals surface area contributed by atoms with Gasteiger partial charge in [-0.1, -0.05) is 29.5 Å². The average Bonchev–Trinajstić information content (AvgIpc) is 3.17. The molecule has 6 heteroatoms. The zero-order valence-corrected chi connectivity index (χ0v) is 16.3. The minimum Gasteiger partial charge on any atom is -0.295 e. The molecular formula is C23H15N3O2S. The van der Waals surface area contributed by atoms with Gasteiger partial charge in [0.25, 0.3) is 5.91 Å². The first-order chi connectivity index (χ1) is 14.1. The number of ketones is 1. The highest BCUT2D eigenvalue weighted by atomic mass is 32.1. The summed E-state index contributed by atoms with van der Waals surface area (Å²) in [6.07, 6.45) is 0. The molecule has 0 fully saturated rings. The van der Waals surface area contributed by atoms with E-state index >= 15 is 0 Å². The van der Waals surface area contributed by atoms with Gasteiger partial charge in [-0.05, 0) is 61.5 Å². The van der Waals surface area contributed by atoms with Crippen molar-refractivity contribution < 1.29 is 9.59 Å². The normalized spacial score (nSPS) is 10.5. The topological polar surface area (TPSA) is 74.1 Å². The Bertz CT molecular complexity index is 1240. The van der Waals surface area contributed by atoms with Crippen molar-refractivity contribution in [2.45, 2.75) is 6.92 Å². The van der Waals surface area contributed by atoms with Gasteiger partial charge < -0.3 is 0 Å². The highest BCUT2D eigenvalue weighted by Crippen LogP contribution is 2.34. The van der Waals surface area contributed by atoms with Crippen LogP contribution in [0.25, 0.3) is 10.2 Å². The second kappa shape index (κ2) is 7.66. The Morgan fingerprint density at radius 3 is 2.41 bits per heavy atom. The Morgan fingerprint density at radius 1 is 0.966 bits per heavy atom. The van der Waals surface area contributed by atoms with Crippen LogP contribution in [0.4, 0.5) is 10.8 Å². The van der Waals surface area contributed by atoms with E-state index in [4.69, 9.17) is 0 Å². The minimum atomic E-state index is -0.295. The van der Waals surface area contributed by atoms with E-state index in [1.807, 2.05) is 24.3 Å². The number of para-hydroxylation sites is 1. The standard InChI is InChI=1S/C23H15N3O2S/c1-15(27)17-9-11-19(12-10-17)26(22(28)18-6-4-5-16(13-18)14-24)23-25-20-7-2-3-8-21(20)29-23/h2-13H,1H3. The lowest BCUT2D eigenvalue weighted by Gasteiger charge is -2.20. The maximum Gasteiger partial charge on any atom is 0.264 e. The fraction of sp³-hybridized carbons (Fsp3) is 0.0435. The average molecular weight is 397 g/mol. The summed E-state index contributed by atoms with van der Waals surface area (Å²) in [5.41, 5.74) is 2.76. The van der Waals surface area contributed by atoms with Crippen LogP contribution in [-0.4, -0.2) is 16.7 Å². The van der Waals surface area contributed by atoms with E-state index in [-0.39, 0.29) is 11.7 Å². The lowest BCUT2D eigenvalue weighted by molar-refractivity contribution is 0.0996. The SMILES string of the molecule is CC(=O)c1ccc(N(C(=O)c2cccc(C#N)c2)c2nc3ccccc3s2)cc1. The molecule has 29 heavy (non-hydrogen) atoms. The number of rotatable bonds is 4. The number of anilines is 2. The van der Waals surface area contributed by atoms with Crippen molar-refractivity contribution in [2.24, 2.45) is 0 Å². The van der Waals surface area contributed by atoms with Crippen LogP contribution >= 0.6 is 11.3 Å². The van der Waals surface area contributed by atoms with E-state index in [2.05, 4.69) is 11.1 Å². The number of amides is 1. The molecule has 0 unspecified atom stereocenters. The molecule has 0 saturated carbocycles. The predicted molar refractivity (Wildman–Crippen MR) is 114 cm³/mol. The fourth-order valence-electron chi connectivity index (χ4n) is 2.97. The molecule has 0 spiro atoms. The second-order valence-corrected chi connectivity index (χ2v) is 7.41. The Labute approximate surface area is 171 Å². The van der Waals surface area contributed by atoms with Gasteiger partial charge in [-0.25, -0.2) is 4.98 Å². The summed E-state index contributed by atoms with van der Waals surface area (Å²) in [5, 5.41) is 9.70. The van der Waals surface area contributed by atoms with Gasteiger partial charge in [-0.15, -0.1) is 0 Å². The molecule has 3 aromatic carbocycles. The first kappa shape index (κ1) is 18.5. The van der Waals surface area contributed by atoms with Crippen molar-refractivity contribution in [2.75, 3.05) is 4.90 Å². The molecule has 0 aliphatic carbocycles. The molecule has 1 aromatic heterocycles. The van der Waals surface area contributed by atoms with Crippen LogP contribution in [0.3, 0.4) is 0 Å². The summed E-state index contributed by atoms with van der Waals surface area (Å²) in [4.78, 5) is 31.2. The quantitative estimate of drug-likeness (QED) is 0.435. The number of fused-ring (bicyclic) bond motifs is 1. The monoisotopic (exact) mass is 397 g/mol. The van der Waals surface area contributed by atoms with Crippen LogP contribution in [-0.2, 0) is 0 Å². The van der Waals surface area contributed by atoms with Crippen molar-refractivity contribution in [3.8, 4) is 6.07 Å². The summed E-state index contributed by atoms with van der Waals surface area (Å²) in [6, 6.07) is 23.1. The zero-order valence-electron chi connectivity index (χ0n) is 15.5. The Kier molecular flexibility index (Phi) is 4.90. The highest BCUT2D eigenvalue weighted by Gasteiger charge is 2.23. The number of hydrogen-bond donors (Lipinski definition) is 0. The lowest BCUT2D eigenvalue weighted by atomic mass is 10.1. The van der Waals surface area contributed by atoms with Gasteiger partial charge >= 0.3 is 0 Å². The van der Waals surface area contributed by atoms with Crippen LogP contribution in [0.1, 0.15) is 33.2 Å². The number of nitriles is 1. The number of Topliss-reactive ketones (excluding diaryl/α,β-unsaturated/α-hetero) is 1. The molecule has 0 atom stereocenters. The molecule has 0 saturated heterocycles. The lowest BCUT2D eigenvalue weighted by Crippen LogP contribution is -2.26. The molecule has 140 valence electrons. The van der Waals surface area contributed by atoms with Crippen molar-refractivity contribution in [3.05, 3.63) is 89.5 Å². The van der Waals surface area contributed by atoms with Gasteiger partial charge in [0.1, 0.15) is 0 Å². The highest BCUT2D eigenvalue weighted by molar-refractivity contribution is 7.22. The summed E-state index contributed by atoms with van der Waals surface area (Å²) in [6.45, 7) is 1.50. The van der Waals surface area contributed by atoms with Gasteiger partial charge in [0.2, 0.25) is 0 Å². The Balaban J connectivity index is 1.85. The van der Waals surface area contributed by atoms with Gasteiger partial charge in [-0.2, -0.15) is 5.26 Å². The first-order valence-electron chi connectivity index (χ1n) is 8.88. The minimum absolute atomic E-state index is 0.0452. The van der Waals surface area contributed by atoms with Gasteiger partial charge in [-0.3, -0.25) is 14.5 Å². The summed E-state index contributed by atoms with van der Waals surface area (Å²) in [7, 11) is 0. The molecule has 0 radical (unpaired) electrons. The van der Waals surface area contributed by atoms with Gasteiger partial charge in [0.05, 0.1) is 27.5 Å². The van der Waals surface area contributed by atoms with Crippen LogP contribution < -0.4 is 4.90 Å². The number of carbonyl (C=O) groups excluding carboxylic acids is 2. The first-order valence-corrected chi connectivity index (χ1v) is 9.69. The molecule has 4 aromatic rings. The van der Waals surface area contributed by atoms with Crippen molar-refractivity contribution in [3.63, 3.8) is 0 Å². The molecule has 4 rings (SSSR count). The molecule has 1 amide bonds. The maximum atomic E-state index is 13.4. The molecule has 1 heterocycles. The van der Waals surface area contributed by atoms with Crippen molar-refractivity contribution >= 4 is 44.1 Å². The zero-order chi connectivity index (χ0) is 20.4. The van der Waals surface area contributed by atoms with E-state index in [0.29, 0.717) is 27.5 Å². The maximum absolute atomic E-state index is 13.4. The van der Waals surface area contributed by atoms with E-state index in [0.717, 1.165) is 10.2 Å². The number of thiazole rings is 1. The van der Waals surface area contributed by atoms with Crippen LogP contribution in [0, 0.1) is 11.3 Å². The smallest absolute Gasteiger partial charge is 0.264 e. The van der Waals surface area contributed by atoms with Crippen molar-refractivity contribution in [1.29, 1.82) is 5.26 Å². The second-order valence-electron chi connectivity index (χ2n) is 6.40. The Hall–Kier alpha value is -3.82. The molecule has 5 nitrogen and oxygen atoms in total. The summed E-state index contributed by atoms with van der Waals surface area (Å²) >= 11 is 1.41. The van der Waals surface area contributed by atoms with E-state index in [9.17, 15) is 14.9 Å². The fourth-order valence-corrected chi connectivity index (χ4v) is 3.95. The van der Waals surface area contributed by atoms with Gasteiger partial charge in [0, 0.05) is 11.1 Å². The molecule has 0 aliphatic rings. The predicted octanol–water partition coefficient (Wildman–Crippen LogP) is 5.35. The molecular weight excluding hydrogens is 382 g/mol.